The van der Waals surface area contributed by atoms with Crippen molar-refractivity contribution in [1.29, 1.82) is 0 Å². The average molecular weight is 329 g/mol. The monoisotopic (exact) mass is 329 g/mol. The van der Waals surface area contributed by atoms with Crippen LogP contribution < -0.4 is 16.2 Å². The molecule has 0 aliphatic carbocycles. The van der Waals surface area contributed by atoms with Crippen molar-refractivity contribution < 1.29 is 4.73 Å². The fraction of sp³-hybridized carbons (Fsp3) is 0. The van der Waals surface area contributed by atoms with Crippen LogP contribution in [-0.2, 0) is 0 Å². The lowest BCUT2D eigenvalue weighted by molar-refractivity contribution is -0.609. The van der Waals surface area contributed by atoms with Gasteiger partial charge in [0.15, 0.2) is 0 Å². The summed E-state index contributed by atoms with van der Waals surface area (Å²) in [7, 11) is 0. The van der Waals surface area contributed by atoms with Gasteiger partial charge in [0, 0.05) is 35.7 Å². The zero-order chi connectivity index (χ0) is 17.6. The molecule has 4 N–H and O–H groups in total. The van der Waals surface area contributed by atoms with Crippen LogP contribution in [0, 0.1) is 5.21 Å². The number of anilines is 2. The van der Waals surface area contributed by atoms with Crippen LogP contribution in [0.25, 0.3) is 24.3 Å². The number of nitrogen functional groups attached to an aromatic ring is 2. The third kappa shape index (κ3) is 4.26. The highest BCUT2D eigenvalue weighted by Crippen LogP contribution is 2.11. The minimum Gasteiger partial charge on any atom is -0.618 e. The van der Waals surface area contributed by atoms with E-state index in [-0.39, 0.29) is 0 Å². The number of benzene rings is 2. The minimum atomic E-state index is 0.566. The van der Waals surface area contributed by atoms with E-state index in [4.69, 9.17) is 11.5 Å². The van der Waals surface area contributed by atoms with Gasteiger partial charge in [-0.2, -0.15) is 4.73 Å². The third-order valence-corrected chi connectivity index (χ3v) is 3.77. The van der Waals surface area contributed by atoms with Gasteiger partial charge < -0.3 is 16.7 Å². The molecule has 0 aliphatic heterocycles. The van der Waals surface area contributed by atoms with E-state index in [2.05, 4.69) is 0 Å². The summed E-state index contributed by atoms with van der Waals surface area (Å²) in [4.78, 5) is 0. The molecule has 0 atom stereocenters. The summed E-state index contributed by atoms with van der Waals surface area (Å²) in [5.41, 5.74) is 15.9. The van der Waals surface area contributed by atoms with Gasteiger partial charge in [0.1, 0.15) is 0 Å². The Morgan fingerprint density at radius 2 is 1.00 bits per heavy atom. The molecule has 0 aliphatic rings. The van der Waals surface area contributed by atoms with Crippen molar-refractivity contribution in [3.63, 3.8) is 0 Å². The summed E-state index contributed by atoms with van der Waals surface area (Å²) in [6, 6.07) is 20.4. The molecule has 0 saturated heterocycles. The van der Waals surface area contributed by atoms with Crippen molar-refractivity contribution in [2.24, 2.45) is 0 Å². The standard InChI is InChI=1S/C21H19N3O/c22-18-10-4-16(5-11-18)8-14-20-2-1-3-21(24(20)25)15-9-17-6-12-19(23)13-7-17/h1-15H,22-23H2. The first-order chi connectivity index (χ1) is 12.1. The fourth-order valence-electron chi connectivity index (χ4n) is 2.35. The van der Waals surface area contributed by atoms with Crippen LogP contribution in [-0.4, -0.2) is 0 Å². The first-order valence-corrected chi connectivity index (χ1v) is 7.92. The Hall–Kier alpha value is -3.53. The SMILES string of the molecule is Nc1ccc(C=Cc2cccc(C=Cc3ccc(N)cc3)[n+]2[O-])cc1. The van der Waals surface area contributed by atoms with Crippen molar-refractivity contribution in [3.8, 4) is 0 Å². The lowest BCUT2D eigenvalue weighted by Crippen LogP contribution is -2.33. The Kier molecular flexibility index (Phi) is 4.81. The van der Waals surface area contributed by atoms with E-state index in [1.54, 1.807) is 24.3 Å². The fourth-order valence-corrected chi connectivity index (χ4v) is 2.35. The molecule has 1 aromatic heterocycles. The van der Waals surface area contributed by atoms with E-state index in [0.717, 1.165) is 15.9 Å². The number of aromatic nitrogens is 1. The second-order valence-electron chi connectivity index (χ2n) is 5.67. The van der Waals surface area contributed by atoms with Gasteiger partial charge in [0.2, 0.25) is 11.4 Å². The third-order valence-electron chi connectivity index (χ3n) is 3.77. The van der Waals surface area contributed by atoms with E-state index in [0.29, 0.717) is 22.8 Å². The number of rotatable bonds is 4. The number of pyridine rings is 1. The molecule has 0 unspecified atom stereocenters. The zero-order valence-electron chi connectivity index (χ0n) is 13.7. The van der Waals surface area contributed by atoms with Crippen LogP contribution >= 0.6 is 0 Å². The summed E-state index contributed by atoms with van der Waals surface area (Å²) in [5.74, 6) is 0. The van der Waals surface area contributed by atoms with Gasteiger partial charge in [-0.3, -0.25) is 0 Å². The second kappa shape index (κ2) is 7.36. The molecule has 124 valence electrons. The molecule has 25 heavy (non-hydrogen) atoms. The maximum absolute atomic E-state index is 12.5. The van der Waals surface area contributed by atoms with Crippen LogP contribution in [0.1, 0.15) is 22.5 Å². The second-order valence-corrected chi connectivity index (χ2v) is 5.67. The van der Waals surface area contributed by atoms with Crippen molar-refractivity contribution in [3.05, 3.63) is 94.5 Å². The number of nitrogens with zero attached hydrogens (tertiary/aromatic N) is 1. The van der Waals surface area contributed by atoms with Gasteiger partial charge in [-0.1, -0.05) is 24.3 Å². The van der Waals surface area contributed by atoms with Crippen molar-refractivity contribution >= 4 is 35.7 Å². The van der Waals surface area contributed by atoms with E-state index in [1.165, 1.54) is 0 Å². The molecule has 0 bridgehead atoms. The van der Waals surface area contributed by atoms with Crippen LogP contribution in [0.2, 0.25) is 0 Å². The Morgan fingerprint density at radius 1 is 0.600 bits per heavy atom. The quantitative estimate of drug-likeness (QED) is 0.434. The predicted molar refractivity (Wildman–Crippen MR) is 105 cm³/mol. The van der Waals surface area contributed by atoms with E-state index in [9.17, 15) is 5.21 Å². The largest absolute Gasteiger partial charge is 0.618 e. The molecule has 0 spiro atoms. The van der Waals surface area contributed by atoms with Crippen LogP contribution in [0.15, 0.2) is 66.7 Å². The molecule has 3 rings (SSSR count). The molecule has 4 heteroatoms. The van der Waals surface area contributed by atoms with E-state index < -0.39 is 0 Å². The van der Waals surface area contributed by atoms with E-state index >= 15 is 0 Å². The lowest BCUT2D eigenvalue weighted by Gasteiger charge is -2.04. The van der Waals surface area contributed by atoms with Crippen molar-refractivity contribution in [2.45, 2.75) is 0 Å². The molecule has 1 heterocycles. The Balaban J connectivity index is 1.82. The van der Waals surface area contributed by atoms with Gasteiger partial charge in [-0.15, -0.1) is 0 Å². The average Bonchev–Trinajstić information content (AvgIpc) is 2.62. The van der Waals surface area contributed by atoms with Gasteiger partial charge in [0.05, 0.1) is 0 Å². The molecule has 4 nitrogen and oxygen atoms in total. The van der Waals surface area contributed by atoms with Crippen LogP contribution in [0.5, 0.6) is 0 Å². The maximum Gasteiger partial charge on any atom is 0.217 e. The molecule has 0 radical (unpaired) electrons. The highest BCUT2D eigenvalue weighted by Gasteiger charge is 2.05. The highest BCUT2D eigenvalue weighted by molar-refractivity contribution is 5.70. The smallest absolute Gasteiger partial charge is 0.217 e. The number of hydrogen-bond acceptors (Lipinski definition) is 3. The summed E-state index contributed by atoms with van der Waals surface area (Å²) in [5, 5.41) is 12.5. The Labute approximate surface area is 146 Å². The van der Waals surface area contributed by atoms with Crippen molar-refractivity contribution in [2.75, 3.05) is 11.5 Å². The van der Waals surface area contributed by atoms with Crippen LogP contribution in [0.4, 0.5) is 11.4 Å². The number of hydrogen-bond donors (Lipinski definition) is 2. The topological polar surface area (TPSA) is 79.0 Å². The Bertz CT molecular complexity index is 837. The maximum atomic E-state index is 12.5. The van der Waals surface area contributed by atoms with Gasteiger partial charge >= 0.3 is 0 Å². The molecule has 3 aromatic rings. The van der Waals surface area contributed by atoms with Gasteiger partial charge in [-0.05, 0) is 53.6 Å². The summed E-state index contributed by atoms with van der Waals surface area (Å²) >= 11 is 0. The highest BCUT2D eigenvalue weighted by atomic mass is 16.5. The molecule has 0 amide bonds. The molecule has 0 saturated carbocycles. The summed E-state index contributed by atoms with van der Waals surface area (Å²) < 4.78 is 0.904. The zero-order valence-corrected chi connectivity index (χ0v) is 13.7. The molecule has 0 fully saturated rings. The van der Waals surface area contributed by atoms with Gasteiger partial charge in [0.25, 0.3) is 0 Å². The molecular weight excluding hydrogens is 310 g/mol. The predicted octanol–water partition coefficient (Wildman–Crippen LogP) is 3.83. The lowest BCUT2D eigenvalue weighted by atomic mass is 10.1. The number of nitrogens with two attached hydrogens (primary N) is 2. The Morgan fingerprint density at radius 3 is 1.40 bits per heavy atom. The van der Waals surface area contributed by atoms with Gasteiger partial charge in [-0.25, -0.2) is 0 Å². The first kappa shape index (κ1) is 16.3. The van der Waals surface area contributed by atoms with Crippen molar-refractivity contribution in [1.82, 2.24) is 0 Å². The summed E-state index contributed by atoms with van der Waals surface area (Å²) in [6.07, 6.45) is 7.35. The first-order valence-electron chi connectivity index (χ1n) is 7.92. The minimum absolute atomic E-state index is 0.566. The van der Waals surface area contributed by atoms with E-state index in [1.807, 2.05) is 66.7 Å². The molecule has 2 aromatic carbocycles. The molecular formula is C21H19N3O. The normalized spacial score (nSPS) is 11.4. The summed E-state index contributed by atoms with van der Waals surface area (Å²) in [6.45, 7) is 0. The van der Waals surface area contributed by atoms with Crippen LogP contribution in [0.3, 0.4) is 0 Å².